The summed E-state index contributed by atoms with van der Waals surface area (Å²) in [5.41, 5.74) is 0. The van der Waals surface area contributed by atoms with Crippen LogP contribution < -0.4 is 6.15 Å². The molecule has 0 aromatic rings. The van der Waals surface area contributed by atoms with Gasteiger partial charge in [-0.2, -0.15) is 0 Å². The molecule has 0 bridgehead atoms. The topological polar surface area (TPSA) is 108 Å². The third kappa shape index (κ3) is 26.8. The Bertz CT molecular complexity index is 1050. The van der Waals surface area contributed by atoms with Crippen molar-refractivity contribution in [1.82, 2.24) is 6.15 Å². The van der Waals surface area contributed by atoms with Crippen molar-refractivity contribution in [2.24, 2.45) is 0 Å². The first-order valence-corrected chi connectivity index (χ1v) is 13.1. The van der Waals surface area contributed by atoms with E-state index in [0.29, 0.717) is 0 Å². The molecule has 0 unspecified atom stereocenters. The highest BCUT2D eigenvalue weighted by atomic mass is 16.6. The van der Waals surface area contributed by atoms with Crippen LogP contribution in [-0.4, -0.2) is 36.4 Å². The van der Waals surface area contributed by atoms with Crippen LogP contribution in [0.1, 0.15) is 113 Å². The van der Waals surface area contributed by atoms with Crippen molar-refractivity contribution in [3.63, 3.8) is 0 Å². The summed E-state index contributed by atoms with van der Waals surface area (Å²) in [5.74, 6) is 24.4. The molecule has 0 saturated heterocycles. The van der Waals surface area contributed by atoms with Crippen molar-refractivity contribution in [3.8, 4) is 71.5 Å². The molecule has 0 aliphatic rings. The van der Waals surface area contributed by atoms with Gasteiger partial charge < -0.3 is 20.7 Å². The Kier molecular flexibility index (Phi) is 28.2. The van der Waals surface area contributed by atoms with Gasteiger partial charge in [0.25, 0.3) is 0 Å². The monoisotopic (exact) mass is 541 g/mol. The molecule has 0 aliphatic carbocycles. The van der Waals surface area contributed by atoms with Crippen LogP contribution >= 0.6 is 0 Å². The van der Waals surface area contributed by atoms with E-state index in [2.05, 4.69) is 72.0 Å². The maximum atomic E-state index is 12.0. The van der Waals surface area contributed by atoms with E-state index in [-0.39, 0.29) is 34.9 Å². The van der Waals surface area contributed by atoms with Crippen molar-refractivity contribution in [2.45, 2.75) is 103 Å². The van der Waals surface area contributed by atoms with Gasteiger partial charge >= 0.3 is 11.9 Å². The Morgan fingerprint density at radius 2 is 1.18 bits per heavy atom. The number of rotatable bonds is 18. The molecule has 0 rings (SSSR count). The maximum absolute atomic E-state index is 12.0. The van der Waals surface area contributed by atoms with Crippen molar-refractivity contribution in [1.29, 1.82) is 0 Å². The zero-order valence-corrected chi connectivity index (χ0v) is 22.8. The van der Waals surface area contributed by atoms with Crippen LogP contribution in [0.25, 0.3) is 0 Å². The summed E-state index contributed by atoms with van der Waals surface area (Å²) < 4.78 is 10.1. The first-order chi connectivity index (χ1) is 18.1. The predicted octanol–water partition coefficient (Wildman–Crippen LogP) is 7.43. The molecular formula is C32H63NO5. The van der Waals surface area contributed by atoms with Gasteiger partial charge in [-0.05, 0) is 65.6 Å². The minimum atomic E-state index is -0.923. The van der Waals surface area contributed by atoms with Gasteiger partial charge in [0.1, 0.15) is 6.61 Å². The van der Waals surface area contributed by atoms with Crippen molar-refractivity contribution >= 4 is 11.9 Å². The zero-order chi connectivity index (χ0) is 27.2. The fourth-order valence-electron chi connectivity index (χ4n) is 3.20. The standard InChI is InChI=1S/C32H38O5.H3N.11H2/c1-3-5-7-9-11-13-15-16-17-19-21-23-25-27-32(35)37-30(28-33)29-36-31(34)26-24-22-20-18-14-12-10-8-6-4-2;;;;;;;;;;;;/h2,30,33H,3,5,7,9,11,13,15-17,19,21,23,25,27-29H2,1H3;1H3;11*1H/t30-;;;;;;;;;;;;/m1............/s1. The SMILES string of the molecule is C#CC#CC#CC#CC#CC#CC(=O)OC[C@@H](CO)OC(=O)CCCCCCCCCCCCCCC.N.[HH].[HH].[HH].[HH].[HH].[HH].[HH].[HH].[HH].[HH].[HH]. The van der Waals surface area contributed by atoms with Gasteiger partial charge in [0.05, 0.1) is 6.61 Å². The lowest BCUT2D eigenvalue weighted by Gasteiger charge is -2.14. The Morgan fingerprint density at radius 1 is 0.737 bits per heavy atom. The largest absolute Gasteiger partial charge is 0.456 e. The molecule has 0 aliphatic heterocycles. The number of ether oxygens (including phenoxy) is 2. The Balaban J connectivity index is -0.0000000982. The van der Waals surface area contributed by atoms with Crippen LogP contribution in [0.4, 0.5) is 0 Å². The number of carbonyl (C=O) groups excluding carboxylic acids is 2. The van der Waals surface area contributed by atoms with Gasteiger partial charge in [0.2, 0.25) is 0 Å². The summed E-state index contributed by atoms with van der Waals surface area (Å²) in [6, 6.07) is 0. The van der Waals surface area contributed by atoms with Gasteiger partial charge in [-0.1, -0.05) is 84.0 Å². The third-order valence-electron chi connectivity index (χ3n) is 5.12. The average molecular weight is 542 g/mol. The Hall–Kier alpha value is -3.78. The second-order valence-electron chi connectivity index (χ2n) is 8.28. The lowest BCUT2D eigenvalue weighted by atomic mass is 10.0. The number of terminal acetylenes is 1. The molecule has 6 nitrogen and oxygen atoms in total. The highest BCUT2D eigenvalue weighted by Gasteiger charge is 2.15. The summed E-state index contributed by atoms with van der Waals surface area (Å²) in [6.45, 7) is 1.51. The lowest BCUT2D eigenvalue weighted by molar-refractivity contribution is -0.159. The number of unbranched alkanes of at least 4 members (excludes halogenated alkanes) is 12. The molecule has 0 aromatic heterocycles. The molecule has 226 valence electrons. The summed E-state index contributed by atoms with van der Waals surface area (Å²) in [7, 11) is 0. The fraction of sp³-hybridized carbons (Fsp3) is 0.562. The van der Waals surface area contributed by atoms with E-state index in [9.17, 15) is 14.7 Å². The highest BCUT2D eigenvalue weighted by Crippen LogP contribution is 2.13. The predicted molar refractivity (Wildman–Crippen MR) is 174 cm³/mol. The van der Waals surface area contributed by atoms with E-state index in [4.69, 9.17) is 15.9 Å². The molecule has 0 fully saturated rings. The second kappa shape index (κ2) is 29.5. The molecule has 0 aromatic carbocycles. The van der Waals surface area contributed by atoms with Crippen LogP contribution in [0.3, 0.4) is 0 Å². The van der Waals surface area contributed by atoms with Crippen LogP contribution in [0.15, 0.2) is 0 Å². The van der Waals surface area contributed by atoms with E-state index < -0.39 is 24.6 Å². The molecule has 0 spiro atoms. The number of aliphatic hydroxyl groups excluding tert-OH is 1. The minimum Gasteiger partial charge on any atom is -0.456 e. The second-order valence-corrected chi connectivity index (χ2v) is 8.28. The molecular weight excluding hydrogens is 478 g/mol. The summed E-state index contributed by atoms with van der Waals surface area (Å²) in [4.78, 5) is 23.6. The number of hydrogen-bond donors (Lipinski definition) is 2. The van der Waals surface area contributed by atoms with Crippen LogP contribution in [-0.2, 0) is 19.1 Å². The molecule has 0 radical (unpaired) electrons. The molecule has 6 heteroatoms. The van der Waals surface area contributed by atoms with E-state index >= 15 is 0 Å². The number of carbonyl (C=O) groups is 2. The third-order valence-corrected chi connectivity index (χ3v) is 5.12. The maximum Gasteiger partial charge on any atom is 0.385 e. The van der Waals surface area contributed by atoms with Crippen molar-refractivity contribution in [3.05, 3.63) is 0 Å². The van der Waals surface area contributed by atoms with Crippen LogP contribution in [0, 0.1) is 71.5 Å². The summed E-state index contributed by atoms with van der Waals surface area (Å²) in [6.07, 6.45) is 20.2. The van der Waals surface area contributed by atoms with E-state index in [1.54, 1.807) is 0 Å². The molecule has 1 atom stereocenters. The quantitative estimate of drug-likeness (QED) is 0.0808. The first-order valence-electron chi connectivity index (χ1n) is 13.1. The van der Waals surface area contributed by atoms with Crippen molar-refractivity contribution < 1.29 is 39.9 Å². The number of esters is 2. The van der Waals surface area contributed by atoms with Gasteiger partial charge in [0, 0.05) is 28.0 Å². The number of aliphatic hydroxyl groups is 1. The Morgan fingerprint density at radius 3 is 1.66 bits per heavy atom. The van der Waals surface area contributed by atoms with Crippen LogP contribution in [0.2, 0.25) is 0 Å². The molecule has 38 heavy (non-hydrogen) atoms. The smallest absolute Gasteiger partial charge is 0.385 e. The van der Waals surface area contributed by atoms with Crippen molar-refractivity contribution in [2.75, 3.05) is 13.2 Å². The lowest BCUT2D eigenvalue weighted by Crippen LogP contribution is -2.28. The van der Waals surface area contributed by atoms with E-state index in [1.807, 2.05) is 0 Å². The van der Waals surface area contributed by atoms with Gasteiger partial charge in [-0.3, -0.25) is 4.79 Å². The minimum absolute atomic E-state index is 0. The highest BCUT2D eigenvalue weighted by molar-refractivity contribution is 5.89. The first kappa shape index (κ1) is 36.4. The van der Waals surface area contributed by atoms with Gasteiger partial charge in [-0.15, -0.1) is 6.42 Å². The molecule has 0 heterocycles. The average Bonchev–Trinajstić information content (AvgIpc) is 2.90. The summed E-state index contributed by atoms with van der Waals surface area (Å²) in [5, 5.41) is 9.37. The molecule has 0 saturated carbocycles. The summed E-state index contributed by atoms with van der Waals surface area (Å²) >= 11 is 0. The van der Waals surface area contributed by atoms with Crippen LogP contribution in [0.5, 0.6) is 0 Å². The van der Waals surface area contributed by atoms with Gasteiger partial charge in [0.15, 0.2) is 6.10 Å². The normalized spacial score (nSPS) is 9.29. The van der Waals surface area contributed by atoms with E-state index in [0.717, 1.165) is 19.3 Å². The van der Waals surface area contributed by atoms with Gasteiger partial charge in [-0.25, -0.2) is 4.79 Å². The molecule has 0 amide bonds. The zero-order valence-electron chi connectivity index (χ0n) is 22.8. The van der Waals surface area contributed by atoms with E-state index in [1.165, 1.54) is 64.2 Å². The fourth-order valence-corrected chi connectivity index (χ4v) is 3.20. The number of hydrogen-bond acceptors (Lipinski definition) is 6. The Labute approximate surface area is 246 Å². The molecule has 4 N–H and O–H groups in total.